The van der Waals surface area contributed by atoms with E-state index in [0.717, 1.165) is 32.9 Å². The Morgan fingerprint density at radius 1 is 1.03 bits per heavy atom. The number of fused-ring (bicyclic) bond motifs is 1. The van der Waals surface area contributed by atoms with Crippen molar-refractivity contribution >= 4 is 27.5 Å². The molecule has 2 aromatic carbocycles. The molecule has 32 heavy (non-hydrogen) atoms. The third-order valence-electron chi connectivity index (χ3n) is 5.53. The average molecular weight is 447 g/mol. The van der Waals surface area contributed by atoms with Gasteiger partial charge in [0, 0.05) is 29.8 Å². The van der Waals surface area contributed by atoms with E-state index in [1.165, 1.54) is 18.4 Å². The van der Waals surface area contributed by atoms with Gasteiger partial charge in [-0.2, -0.15) is 0 Å². The van der Waals surface area contributed by atoms with Crippen LogP contribution in [0.2, 0.25) is 0 Å². The summed E-state index contributed by atoms with van der Waals surface area (Å²) < 4.78 is 6.46. The summed E-state index contributed by atoms with van der Waals surface area (Å²) in [6, 6.07) is 18.5. The predicted octanol–water partition coefficient (Wildman–Crippen LogP) is 5.87. The standard InChI is InChI=1S/C26H26N2O3S/c1-17(2)24-27-25-23(26(30)28(24)15-7-10-22(29)31-3)21(16-32-25)20-13-11-19(12-14-20)18-8-5-4-6-9-18/h4-6,8-9,11-14,16-17H,7,10,15H2,1-3H3. The van der Waals surface area contributed by atoms with Crippen molar-refractivity contribution in [2.75, 3.05) is 7.11 Å². The first-order valence-electron chi connectivity index (χ1n) is 10.7. The van der Waals surface area contributed by atoms with Gasteiger partial charge in [0.2, 0.25) is 0 Å². The van der Waals surface area contributed by atoms with E-state index in [-0.39, 0.29) is 23.9 Å². The number of carbonyl (C=O) groups excluding carboxylic acids is 1. The number of hydrogen-bond acceptors (Lipinski definition) is 5. The Bertz CT molecular complexity index is 1290. The Balaban J connectivity index is 1.74. The van der Waals surface area contributed by atoms with Gasteiger partial charge in [0.1, 0.15) is 10.7 Å². The summed E-state index contributed by atoms with van der Waals surface area (Å²) in [4.78, 5) is 30.7. The minimum absolute atomic E-state index is 0.0491. The van der Waals surface area contributed by atoms with Gasteiger partial charge in [0.05, 0.1) is 12.5 Å². The highest BCUT2D eigenvalue weighted by Crippen LogP contribution is 2.33. The van der Waals surface area contributed by atoms with Gasteiger partial charge in [-0.1, -0.05) is 68.4 Å². The molecule has 0 saturated heterocycles. The molecule has 0 amide bonds. The van der Waals surface area contributed by atoms with E-state index >= 15 is 0 Å². The Morgan fingerprint density at radius 2 is 1.69 bits per heavy atom. The molecule has 2 heterocycles. The summed E-state index contributed by atoms with van der Waals surface area (Å²) in [7, 11) is 1.38. The molecule has 0 aliphatic carbocycles. The SMILES string of the molecule is COC(=O)CCCn1c(C(C)C)nc2scc(-c3ccc(-c4ccccc4)cc3)c2c1=O. The minimum atomic E-state index is -0.270. The van der Waals surface area contributed by atoms with Crippen molar-refractivity contribution < 1.29 is 9.53 Å². The maximum Gasteiger partial charge on any atom is 0.305 e. The highest BCUT2D eigenvalue weighted by Gasteiger charge is 2.19. The molecule has 0 aliphatic heterocycles. The molecule has 0 spiro atoms. The van der Waals surface area contributed by atoms with Crippen LogP contribution in [0.15, 0.2) is 64.8 Å². The highest BCUT2D eigenvalue weighted by atomic mass is 32.1. The van der Waals surface area contributed by atoms with E-state index in [2.05, 4.69) is 36.4 Å². The summed E-state index contributed by atoms with van der Waals surface area (Å²) in [5, 5.41) is 2.66. The number of benzene rings is 2. The molecule has 0 saturated carbocycles. The summed E-state index contributed by atoms with van der Waals surface area (Å²) in [6.45, 7) is 4.50. The van der Waals surface area contributed by atoms with Crippen LogP contribution in [0, 0.1) is 0 Å². The zero-order valence-electron chi connectivity index (χ0n) is 18.5. The molecule has 0 unspecified atom stereocenters. The molecule has 0 atom stereocenters. The van der Waals surface area contributed by atoms with Crippen molar-refractivity contribution in [1.29, 1.82) is 0 Å². The Morgan fingerprint density at radius 3 is 2.34 bits per heavy atom. The first-order valence-corrected chi connectivity index (χ1v) is 11.6. The Labute approximate surface area is 191 Å². The molecule has 164 valence electrons. The fraction of sp³-hybridized carbons (Fsp3) is 0.269. The lowest BCUT2D eigenvalue weighted by molar-refractivity contribution is -0.140. The van der Waals surface area contributed by atoms with Gasteiger partial charge >= 0.3 is 5.97 Å². The molecule has 4 rings (SSSR count). The smallest absolute Gasteiger partial charge is 0.305 e. The number of hydrogen-bond donors (Lipinski definition) is 0. The van der Waals surface area contributed by atoms with Gasteiger partial charge in [-0.05, 0) is 23.1 Å². The molecule has 0 fully saturated rings. The molecule has 0 radical (unpaired) electrons. The zero-order chi connectivity index (χ0) is 22.7. The first kappa shape index (κ1) is 22.0. The largest absolute Gasteiger partial charge is 0.469 e. The van der Waals surface area contributed by atoms with Gasteiger partial charge < -0.3 is 4.74 Å². The van der Waals surface area contributed by atoms with Crippen molar-refractivity contribution in [3.63, 3.8) is 0 Å². The van der Waals surface area contributed by atoms with Gasteiger partial charge in [0.25, 0.3) is 5.56 Å². The summed E-state index contributed by atoms with van der Waals surface area (Å²) >= 11 is 1.50. The van der Waals surface area contributed by atoms with Crippen molar-refractivity contribution in [3.05, 3.63) is 76.2 Å². The van der Waals surface area contributed by atoms with Crippen LogP contribution in [0.4, 0.5) is 0 Å². The Kier molecular flexibility index (Phi) is 6.51. The number of ether oxygens (including phenoxy) is 1. The molecular weight excluding hydrogens is 420 g/mol. The van der Waals surface area contributed by atoms with Crippen LogP contribution in [-0.4, -0.2) is 22.6 Å². The van der Waals surface area contributed by atoms with Crippen LogP contribution >= 0.6 is 11.3 Å². The lowest BCUT2D eigenvalue weighted by Crippen LogP contribution is -2.26. The number of esters is 1. The summed E-state index contributed by atoms with van der Waals surface area (Å²) in [5.74, 6) is 0.578. The maximum absolute atomic E-state index is 13.6. The second-order valence-electron chi connectivity index (χ2n) is 8.03. The lowest BCUT2D eigenvalue weighted by atomic mass is 10.0. The fourth-order valence-corrected chi connectivity index (χ4v) is 4.81. The summed E-state index contributed by atoms with van der Waals surface area (Å²) in [5.41, 5.74) is 4.14. The van der Waals surface area contributed by atoms with Gasteiger partial charge in [0.15, 0.2) is 0 Å². The van der Waals surface area contributed by atoms with Crippen LogP contribution in [0.25, 0.3) is 32.5 Å². The zero-order valence-corrected chi connectivity index (χ0v) is 19.3. The molecule has 0 bridgehead atoms. The Hall–Kier alpha value is -3.25. The second-order valence-corrected chi connectivity index (χ2v) is 8.89. The quantitative estimate of drug-likeness (QED) is 0.333. The van der Waals surface area contributed by atoms with Crippen LogP contribution < -0.4 is 5.56 Å². The van der Waals surface area contributed by atoms with Crippen LogP contribution in [-0.2, 0) is 16.1 Å². The third-order valence-corrected chi connectivity index (χ3v) is 6.41. The van der Waals surface area contributed by atoms with Crippen LogP contribution in [0.1, 0.15) is 38.4 Å². The van der Waals surface area contributed by atoms with Gasteiger partial charge in [-0.25, -0.2) is 4.98 Å². The number of thiophene rings is 1. The number of methoxy groups -OCH3 is 1. The van der Waals surface area contributed by atoms with E-state index in [9.17, 15) is 9.59 Å². The first-order chi connectivity index (χ1) is 15.5. The van der Waals surface area contributed by atoms with Gasteiger partial charge in [-0.15, -0.1) is 11.3 Å². The average Bonchev–Trinajstić information content (AvgIpc) is 3.25. The molecule has 4 aromatic rings. The molecular formula is C26H26N2O3S. The van der Waals surface area contributed by atoms with E-state index in [1.54, 1.807) is 4.57 Å². The molecule has 0 N–H and O–H groups in total. The normalized spacial score (nSPS) is 11.2. The van der Waals surface area contributed by atoms with Crippen molar-refractivity contribution in [1.82, 2.24) is 9.55 Å². The van der Waals surface area contributed by atoms with E-state index < -0.39 is 0 Å². The number of nitrogens with zero attached hydrogens (tertiary/aromatic N) is 2. The minimum Gasteiger partial charge on any atom is -0.469 e. The lowest BCUT2D eigenvalue weighted by Gasteiger charge is -2.15. The molecule has 0 aliphatic rings. The summed E-state index contributed by atoms with van der Waals surface area (Å²) in [6.07, 6.45) is 0.806. The van der Waals surface area contributed by atoms with Gasteiger partial charge in [-0.3, -0.25) is 14.2 Å². The van der Waals surface area contributed by atoms with Crippen molar-refractivity contribution in [2.24, 2.45) is 0 Å². The van der Waals surface area contributed by atoms with Crippen LogP contribution in [0.5, 0.6) is 0 Å². The topological polar surface area (TPSA) is 61.2 Å². The highest BCUT2D eigenvalue weighted by molar-refractivity contribution is 7.17. The fourth-order valence-electron chi connectivity index (χ4n) is 3.87. The van der Waals surface area contributed by atoms with Crippen molar-refractivity contribution in [3.8, 4) is 22.3 Å². The number of carbonyl (C=O) groups is 1. The monoisotopic (exact) mass is 446 g/mol. The third kappa shape index (κ3) is 4.36. The van der Waals surface area contributed by atoms with E-state index in [4.69, 9.17) is 9.72 Å². The maximum atomic E-state index is 13.6. The second kappa shape index (κ2) is 9.49. The molecule has 5 nitrogen and oxygen atoms in total. The number of aromatic nitrogens is 2. The van der Waals surface area contributed by atoms with Crippen LogP contribution in [0.3, 0.4) is 0 Å². The predicted molar refractivity (Wildman–Crippen MR) is 130 cm³/mol. The van der Waals surface area contributed by atoms with E-state index in [0.29, 0.717) is 18.4 Å². The number of rotatable bonds is 7. The molecule has 2 aromatic heterocycles. The van der Waals surface area contributed by atoms with Crippen molar-refractivity contribution in [2.45, 2.75) is 39.2 Å². The molecule has 6 heteroatoms. The van der Waals surface area contributed by atoms with E-state index in [1.807, 2.05) is 37.4 Å².